The van der Waals surface area contributed by atoms with Gasteiger partial charge in [-0.15, -0.1) is 0 Å². The third kappa shape index (κ3) is 5.21. The van der Waals surface area contributed by atoms with Gasteiger partial charge in [0, 0.05) is 0 Å². The van der Waals surface area contributed by atoms with Crippen molar-refractivity contribution < 1.29 is 14.2 Å². The van der Waals surface area contributed by atoms with E-state index in [1.165, 1.54) is 0 Å². The number of ether oxygens (including phenoxy) is 3. The van der Waals surface area contributed by atoms with Crippen LogP contribution in [-0.2, 0) is 0 Å². The first-order valence-electron chi connectivity index (χ1n) is 10.2. The topological polar surface area (TPSA) is 102 Å². The molecule has 4 rings (SSSR count). The maximum absolute atomic E-state index is 5.43. The molecule has 168 valence electrons. The minimum atomic E-state index is 0.323. The van der Waals surface area contributed by atoms with Gasteiger partial charge in [-0.05, 0) is 36.4 Å². The van der Waals surface area contributed by atoms with E-state index in [2.05, 4.69) is 30.9 Å². The Hall–Kier alpha value is -4.53. The number of hydrogen-bond donors (Lipinski definition) is 3. The van der Waals surface area contributed by atoms with Gasteiger partial charge < -0.3 is 30.2 Å². The van der Waals surface area contributed by atoms with E-state index in [9.17, 15) is 0 Å². The van der Waals surface area contributed by atoms with Crippen molar-refractivity contribution in [2.45, 2.75) is 0 Å². The van der Waals surface area contributed by atoms with Gasteiger partial charge in [-0.2, -0.15) is 15.0 Å². The lowest BCUT2D eigenvalue weighted by molar-refractivity contribution is 0.417. The fourth-order valence-corrected chi connectivity index (χ4v) is 3.15. The van der Waals surface area contributed by atoms with E-state index in [0.717, 1.165) is 17.1 Å². The summed E-state index contributed by atoms with van der Waals surface area (Å²) in [7, 11) is 4.83. The molecule has 0 radical (unpaired) electrons. The maximum atomic E-state index is 5.43. The van der Waals surface area contributed by atoms with Crippen LogP contribution < -0.4 is 30.2 Å². The minimum absolute atomic E-state index is 0.323. The summed E-state index contributed by atoms with van der Waals surface area (Å²) in [5.74, 6) is 2.96. The standard InChI is InChI=1S/C24H24N6O3/c1-31-19-13-7-4-10-16(19)25-22-28-23(26-17-11-5-8-14-20(17)32-2)30-24(29-22)27-18-12-6-9-15-21(18)33-3/h4-15H,1-3H3,(H3,25,26,27,28,29,30). The zero-order valence-corrected chi connectivity index (χ0v) is 18.5. The maximum Gasteiger partial charge on any atom is 0.233 e. The van der Waals surface area contributed by atoms with Crippen LogP contribution in [0.15, 0.2) is 72.8 Å². The second-order valence-electron chi connectivity index (χ2n) is 6.78. The van der Waals surface area contributed by atoms with Crippen LogP contribution in [0.1, 0.15) is 0 Å². The number of para-hydroxylation sites is 6. The smallest absolute Gasteiger partial charge is 0.233 e. The molecule has 0 aliphatic heterocycles. The van der Waals surface area contributed by atoms with Crippen molar-refractivity contribution in [1.29, 1.82) is 0 Å². The van der Waals surface area contributed by atoms with Crippen molar-refractivity contribution in [3.05, 3.63) is 72.8 Å². The summed E-state index contributed by atoms with van der Waals surface area (Å²) in [5, 5.41) is 9.61. The normalized spacial score (nSPS) is 10.3. The van der Waals surface area contributed by atoms with Gasteiger partial charge in [0.1, 0.15) is 17.2 Å². The lowest BCUT2D eigenvalue weighted by Gasteiger charge is -2.15. The predicted octanol–water partition coefficient (Wildman–Crippen LogP) is 5.13. The first-order chi connectivity index (χ1) is 16.2. The molecule has 3 N–H and O–H groups in total. The minimum Gasteiger partial charge on any atom is -0.495 e. The van der Waals surface area contributed by atoms with Crippen molar-refractivity contribution in [1.82, 2.24) is 15.0 Å². The van der Waals surface area contributed by atoms with Crippen molar-refractivity contribution >= 4 is 34.9 Å². The highest BCUT2D eigenvalue weighted by molar-refractivity contribution is 5.68. The van der Waals surface area contributed by atoms with Crippen molar-refractivity contribution in [2.75, 3.05) is 37.3 Å². The van der Waals surface area contributed by atoms with E-state index < -0.39 is 0 Å². The number of rotatable bonds is 9. The van der Waals surface area contributed by atoms with Crippen molar-refractivity contribution in [3.8, 4) is 17.2 Å². The van der Waals surface area contributed by atoms with E-state index in [1.807, 2.05) is 72.8 Å². The van der Waals surface area contributed by atoms with Gasteiger partial charge in [-0.25, -0.2) is 0 Å². The summed E-state index contributed by atoms with van der Waals surface area (Å²) in [5.41, 5.74) is 2.16. The second-order valence-corrected chi connectivity index (χ2v) is 6.78. The molecule has 1 aromatic heterocycles. The molecule has 1 heterocycles. The first kappa shape index (κ1) is 21.7. The molecule has 0 unspecified atom stereocenters. The zero-order chi connectivity index (χ0) is 23.0. The Balaban J connectivity index is 1.72. The number of hydrogen-bond acceptors (Lipinski definition) is 9. The van der Waals surface area contributed by atoms with Gasteiger partial charge in [-0.3, -0.25) is 0 Å². The Morgan fingerprint density at radius 2 is 0.727 bits per heavy atom. The Labute approximate surface area is 191 Å². The van der Waals surface area contributed by atoms with Gasteiger partial charge in [0.2, 0.25) is 17.8 Å². The molecule has 0 bridgehead atoms. The van der Waals surface area contributed by atoms with Gasteiger partial charge in [0.15, 0.2) is 0 Å². The molecular weight excluding hydrogens is 420 g/mol. The summed E-state index contributed by atoms with van der Waals surface area (Å²) in [4.78, 5) is 13.6. The highest BCUT2D eigenvalue weighted by atomic mass is 16.5. The largest absolute Gasteiger partial charge is 0.495 e. The SMILES string of the molecule is COc1ccccc1Nc1nc(Nc2ccccc2OC)nc(Nc2ccccc2OC)n1. The molecule has 0 aliphatic rings. The molecule has 0 atom stereocenters. The molecule has 0 fully saturated rings. The Kier molecular flexibility index (Phi) is 6.70. The molecule has 4 aromatic rings. The Bertz CT molecular complexity index is 1070. The Morgan fingerprint density at radius 3 is 1.00 bits per heavy atom. The van der Waals surface area contributed by atoms with Crippen LogP contribution in [0.4, 0.5) is 34.9 Å². The molecule has 0 spiro atoms. The number of benzene rings is 3. The van der Waals surface area contributed by atoms with Gasteiger partial charge in [-0.1, -0.05) is 36.4 Å². The van der Waals surface area contributed by atoms with Crippen LogP contribution in [0.3, 0.4) is 0 Å². The van der Waals surface area contributed by atoms with Crippen LogP contribution in [-0.4, -0.2) is 36.3 Å². The lowest BCUT2D eigenvalue weighted by atomic mass is 10.3. The van der Waals surface area contributed by atoms with Crippen LogP contribution in [0, 0.1) is 0 Å². The summed E-state index contributed by atoms with van der Waals surface area (Å²) in [6, 6.07) is 22.6. The number of nitrogens with one attached hydrogen (secondary N) is 3. The van der Waals surface area contributed by atoms with Crippen LogP contribution in [0.25, 0.3) is 0 Å². The van der Waals surface area contributed by atoms with E-state index in [1.54, 1.807) is 21.3 Å². The molecule has 9 nitrogen and oxygen atoms in total. The third-order valence-electron chi connectivity index (χ3n) is 4.70. The molecular formula is C24H24N6O3. The fourth-order valence-electron chi connectivity index (χ4n) is 3.15. The van der Waals surface area contributed by atoms with E-state index in [0.29, 0.717) is 35.1 Å². The van der Waals surface area contributed by atoms with Crippen LogP contribution in [0.2, 0.25) is 0 Å². The Morgan fingerprint density at radius 1 is 0.455 bits per heavy atom. The summed E-state index contributed by atoms with van der Waals surface area (Å²) >= 11 is 0. The average Bonchev–Trinajstić information content (AvgIpc) is 2.85. The molecule has 3 aromatic carbocycles. The molecule has 33 heavy (non-hydrogen) atoms. The number of nitrogens with zero attached hydrogens (tertiary/aromatic N) is 3. The highest BCUT2D eigenvalue weighted by Crippen LogP contribution is 2.30. The van der Waals surface area contributed by atoms with Crippen LogP contribution >= 0.6 is 0 Å². The summed E-state index contributed by atoms with van der Waals surface area (Å²) in [6.45, 7) is 0. The summed E-state index contributed by atoms with van der Waals surface area (Å²) < 4.78 is 16.3. The quantitative estimate of drug-likeness (QED) is 0.324. The fraction of sp³-hybridized carbons (Fsp3) is 0.125. The average molecular weight is 444 g/mol. The molecule has 0 saturated carbocycles. The van der Waals surface area contributed by atoms with Gasteiger partial charge >= 0.3 is 0 Å². The number of anilines is 6. The predicted molar refractivity (Wildman–Crippen MR) is 129 cm³/mol. The molecule has 0 aliphatic carbocycles. The van der Waals surface area contributed by atoms with Crippen LogP contribution in [0.5, 0.6) is 17.2 Å². The van der Waals surface area contributed by atoms with Crippen molar-refractivity contribution in [3.63, 3.8) is 0 Å². The third-order valence-corrected chi connectivity index (χ3v) is 4.70. The van der Waals surface area contributed by atoms with E-state index >= 15 is 0 Å². The van der Waals surface area contributed by atoms with Crippen molar-refractivity contribution in [2.24, 2.45) is 0 Å². The van der Waals surface area contributed by atoms with E-state index in [-0.39, 0.29) is 0 Å². The van der Waals surface area contributed by atoms with Gasteiger partial charge in [0.05, 0.1) is 38.4 Å². The lowest BCUT2D eigenvalue weighted by Crippen LogP contribution is -2.08. The van der Waals surface area contributed by atoms with Gasteiger partial charge in [0.25, 0.3) is 0 Å². The number of methoxy groups -OCH3 is 3. The zero-order valence-electron chi connectivity index (χ0n) is 18.5. The summed E-state index contributed by atoms with van der Waals surface area (Å²) in [6.07, 6.45) is 0. The first-order valence-corrected chi connectivity index (χ1v) is 10.2. The molecule has 0 saturated heterocycles. The number of aromatic nitrogens is 3. The molecule has 0 amide bonds. The van der Waals surface area contributed by atoms with E-state index in [4.69, 9.17) is 14.2 Å². The monoisotopic (exact) mass is 444 g/mol. The molecule has 9 heteroatoms. The second kappa shape index (κ2) is 10.2. The highest BCUT2D eigenvalue weighted by Gasteiger charge is 2.13.